The van der Waals surface area contributed by atoms with Gasteiger partial charge in [0.1, 0.15) is 5.75 Å². The molecule has 7 heteroatoms. The zero-order valence-electron chi connectivity index (χ0n) is 14.4. The first-order chi connectivity index (χ1) is 13.5. The molecule has 0 aliphatic heterocycles. The Kier molecular flexibility index (Phi) is 7.15. The normalized spacial score (nSPS) is 10.6. The molecule has 0 bridgehead atoms. The number of hydrogen-bond acceptors (Lipinski definition) is 4. The molecule has 3 aromatic carbocycles. The molecule has 1 amide bonds. The summed E-state index contributed by atoms with van der Waals surface area (Å²) in [6.45, 7) is 0. The van der Waals surface area contributed by atoms with Crippen molar-refractivity contribution in [1.82, 2.24) is 5.43 Å². The van der Waals surface area contributed by atoms with E-state index >= 15 is 0 Å². The van der Waals surface area contributed by atoms with E-state index in [0.717, 1.165) is 12.7 Å². The molecule has 0 aliphatic carbocycles. The summed E-state index contributed by atoms with van der Waals surface area (Å²) in [6.07, 6.45) is 1.53. The molecule has 28 heavy (non-hydrogen) atoms. The highest BCUT2D eigenvalue weighted by atomic mass is 127. The van der Waals surface area contributed by atoms with Crippen LogP contribution in [0, 0.1) is 7.14 Å². The first-order valence-electron chi connectivity index (χ1n) is 8.19. The van der Waals surface area contributed by atoms with Gasteiger partial charge in [-0.15, -0.1) is 0 Å². The third-order valence-corrected chi connectivity index (χ3v) is 5.56. The third kappa shape index (κ3) is 5.38. The van der Waals surface area contributed by atoms with Gasteiger partial charge in [-0.25, -0.2) is 10.2 Å². The van der Waals surface area contributed by atoms with Crippen molar-refractivity contribution in [3.8, 4) is 5.75 Å². The second-order valence-electron chi connectivity index (χ2n) is 5.62. The minimum Gasteiger partial charge on any atom is -0.423 e. The molecule has 0 fully saturated rings. The highest BCUT2D eigenvalue weighted by molar-refractivity contribution is 14.1. The quantitative estimate of drug-likeness (QED) is 0.150. The van der Waals surface area contributed by atoms with Crippen molar-refractivity contribution in [2.24, 2.45) is 5.10 Å². The average Bonchev–Trinajstić information content (AvgIpc) is 2.70. The second-order valence-corrected chi connectivity index (χ2v) is 7.94. The van der Waals surface area contributed by atoms with E-state index < -0.39 is 5.97 Å². The molecular formula is C21H14I2N2O3. The SMILES string of the molecule is O=C(NN=Cc1ccc(OC(=O)c2ccccc2I)cc1)c1ccccc1I. The molecule has 140 valence electrons. The number of hydrogen-bond donors (Lipinski definition) is 1. The summed E-state index contributed by atoms with van der Waals surface area (Å²) in [7, 11) is 0. The van der Waals surface area contributed by atoms with E-state index in [1.807, 2.05) is 24.3 Å². The number of amides is 1. The number of nitrogens with zero attached hydrogens (tertiary/aromatic N) is 1. The van der Waals surface area contributed by atoms with Gasteiger partial charge in [-0.1, -0.05) is 24.3 Å². The fraction of sp³-hybridized carbons (Fsp3) is 0. The number of ether oxygens (including phenoxy) is 1. The van der Waals surface area contributed by atoms with Crippen molar-refractivity contribution < 1.29 is 14.3 Å². The first-order valence-corrected chi connectivity index (χ1v) is 10.3. The van der Waals surface area contributed by atoms with Gasteiger partial charge >= 0.3 is 5.97 Å². The van der Waals surface area contributed by atoms with E-state index in [4.69, 9.17) is 4.74 Å². The van der Waals surface area contributed by atoms with Crippen LogP contribution in [-0.4, -0.2) is 18.1 Å². The van der Waals surface area contributed by atoms with Crippen molar-refractivity contribution in [2.45, 2.75) is 0 Å². The summed E-state index contributed by atoms with van der Waals surface area (Å²) >= 11 is 4.20. The number of nitrogens with one attached hydrogen (secondary N) is 1. The fourth-order valence-electron chi connectivity index (χ4n) is 2.28. The molecule has 1 N–H and O–H groups in total. The van der Waals surface area contributed by atoms with Crippen LogP contribution in [0.2, 0.25) is 0 Å². The smallest absolute Gasteiger partial charge is 0.344 e. The van der Waals surface area contributed by atoms with E-state index in [2.05, 4.69) is 55.7 Å². The Morgan fingerprint density at radius 3 is 2.00 bits per heavy atom. The van der Waals surface area contributed by atoms with Crippen molar-refractivity contribution in [3.63, 3.8) is 0 Å². The van der Waals surface area contributed by atoms with Gasteiger partial charge in [-0.05, 0) is 99.3 Å². The maximum Gasteiger partial charge on any atom is 0.344 e. The van der Waals surface area contributed by atoms with Gasteiger partial charge in [-0.2, -0.15) is 5.10 Å². The lowest BCUT2D eigenvalue weighted by Gasteiger charge is -2.06. The lowest BCUT2D eigenvalue weighted by molar-refractivity contribution is 0.0733. The van der Waals surface area contributed by atoms with Gasteiger partial charge < -0.3 is 4.74 Å². The van der Waals surface area contributed by atoms with E-state index in [9.17, 15) is 9.59 Å². The van der Waals surface area contributed by atoms with Gasteiger partial charge in [0, 0.05) is 7.14 Å². The summed E-state index contributed by atoms with van der Waals surface area (Å²) in [5, 5.41) is 3.97. The summed E-state index contributed by atoms with van der Waals surface area (Å²) in [5.74, 6) is -0.245. The van der Waals surface area contributed by atoms with Crippen LogP contribution in [0.3, 0.4) is 0 Å². The van der Waals surface area contributed by atoms with Gasteiger partial charge in [0.05, 0.1) is 17.3 Å². The van der Waals surface area contributed by atoms with Crippen LogP contribution in [0.15, 0.2) is 77.9 Å². The molecule has 0 heterocycles. The van der Waals surface area contributed by atoms with Gasteiger partial charge in [0.15, 0.2) is 0 Å². The Labute approximate surface area is 189 Å². The van der Waals surface area contributed by atoms with Gasteiger partial charge in [0.2, 0.25) is 0 Å². The van der Waals surface area contributed by atoms with E-state index in [-0.39, 0.29) is 5.91 Å². The van der Waals surface area contributed by atoms with Crippen LogP contribution in [0.25, 0.3) is 0 Å². The third-order valence-electron chi connectivity index (χ3n) is 3.68. The standard InChI is InChI=1S/C21H14I2N2O3/c22-18-7-3-1-5-16(18)20(26)25-24-13-14-9-11-15(12-10-14)28-21(27)17-6-2-4-8-19(17)23/h1-13H,(H,25,26). The number of benzene rings is 3. The van der Waals surface area contributed by atoms with Crippen LogP contribution in [0.4, 0.5) is 0 Å². The molecular weight excluding hydrogens is 582 g/mol. The lowest BCUT2D eigenvalue weighted by Crippen LogP contribution is -2.18. The first kappa shape index (κ1) is 20.5. The summed E-state index contributed by atoms with van der Waals surface area (Å²) in [4.78, 5) is 24.3. The number of rotatable bonds is 5. The summed E-state index contributed by atoms with van der Waals surface area (Å²) < 4.78 is 7.08. The van der Waals surface area contributed by atoms with E-state index in [0.29, 0.717) is 16.9 Å². The molecule has 0 spiro atoms. The van der Waals surface area contributed by atoms with Crippen LogP contribution in [-0.2, 0) is 0 Å². The lowest BCUT2D eigenvalue weighted by atomic mass is 10.2. The minimum absolute atomic E-state index is 0.274. The Morgan fingerprint density at radius 1 is 0.821 bits per heavy atom. The average molecular weight is 596 g/mol. The van der Waals surface area contributed by atoms with E-state index in [1.165, 1.54) is 6.21 Å². The number of carbonyl (C=O) groups excluding carboxylic acids is 2. The fourth-order valence-corrected chi connectivity index (χ4v) is 3.52. The summed E-state index contributed by atoms with van der Waals surface area (Å²) in [5.41, 5.74) is 4.35. The Morgan fingerprint density at radius 2 is 1.39 bits per heavy atom. The predicted molar refractivity (Wildman–Crippen MR) is 125 cm³/mol. The molecule has 3 rings (SSSR count). The minimum atomic E-state index is -0.406. The largest absolute Gasteiger partial charge is 0.423 e. The maximum atomic E-state index is 12.2. The van der Waals surface area contributed by atoms with Crippen LogP contribution in [0.1, 0.15) is 26.3 Å². The molecule has 0 radical (unpaired) electrons. The van der Waals surface area contributed by atoms with E-state index in [1.54, 1.807) is 48.5 Å². The maximum absolute atomic E-state index is 12.2. The molecule has 0 aromatic heterocycles. The number of halogens is 2. The number of carbonyl (C=O) groups is 2. The zero-order chi connectivity index (χ0) is 19.9. The molecule has 3 aromatic rings. The summed E-state index contributed by atoms with van der Waals surface area (Å²) in [6, 6.07) is 21.4. The zero-order valence-corrected chi connectivity index (χ0v) is 18.7. The monoisotopic (exact) mass is 596 g/mol. The number of hydrazone groups is 1. The number of esters is 1. The molecule has 0 saturated heterocycles. The molecule has 0 unspecified atom stereocenters. The van der Waals surface area contributed by atoms with Crippen LogP contribution in [0.5, 0.6) is 5.75 Å². The molecule has 0 aliphatic rings. The van der Waals surface area contributed by atoms with Crippen molar-refractivity contribution in [2.75, 3.05) is 0 Å². The molecule has 0 atom stereocenters. The predicted octanol–water partition coefficient (Wildman–Crippen LogP) is 4.88. The Bertz CT molecular complexity index is 1030. The van der Waals surface area contributed by atoms with Crippen molar-refractivity contribution >= 4 is 63.3 Å². The van der Waals surface area contributed by atoms with Crippen LogP contribution < -0.4 is 10.2 Å². The molecule has 5 nitrogen and oxygen atoms in total. The van der Waals surface area contributed by atoms with Crippen molar-refractivity contribution in [3.05, 3.63) is 96.6 Å². The Hall–Kier alpha value is -2.27. The van der Waals surface area contributed by atoms with Gasteiger partial charge in [-0.3, -0.25) is 4.79 Å². The van der Waals surface area contributed by atoms with Crippen LogP contribution >= 0.6 is 45.2 Å². The van der Waals surface area contributed by atoms with Gasteiger partial charge in [0.25, 0.3) is 5.91 Å². The van der Waals surface area contributed by atoms with Crippen molar-refractivity contribution in [1.29, 1.82) is 0 Å². The second kappa shape index (κ2) is 9.78. The highest BCUT2D eigenvalue weighted by Gasteiger charge is 2.11. The highest BCUT2D eigenvalue weighted by Crippen LogP contribution is 2.17. The molecule has 0 saturated carbocycles. The topological polar surface area (TPSA) is 67.8 Å². The Balaban J connectivity index is 1.59.